The van der Waals surface area contributed by atoms with E-state index in [-0.39, 0.29) is 5.82 Å². The van der Waals surface area contributed by atoms with Gasteiger partial charge in [0.25, 0.3) is 0 Å². The molecule has 2 rings (SSSR count). The zero-order chi connectivity index (χ0) is 9.97. The molecule has 0 aliphatic heterocycles. The zero-order valence-electron chi connectivity index (χ0n) is 7.27. The van der Waals surface area contributed by atoms with Gasteiger partial charge < -0.3 is 5.73 Å². The first-order valence-corrected chi connectivity index (χ1v) is 4.85. The van der Waals surface area contributed by atoms with Crippen LogP contribution in [0.5, 0.6) is 0 Å². The third kappa shape index (κ3) is 2.05. The van der Waals surface area contributed by atoms with Gasteiger partial charge >= 0.3 is 0 Å². The van der Waals surface area contributed by atoms with Crippen LogP contribution >= 0.6 is 11.3 Å². The second kappa shape index (κ2) is 3.71. The maximum Gasteiger partial charge on any atom is 0.180 e. The van der Waals surface area contributed by atoms with Crippen molar-refractivity contribution in [1.82, 2.24) is 9.97 Å². The molecule has 0 saturated carbocycles. The number of rotatable bonds is 2. The van der Waals surface area contributed by atoms with Crippen LogP contribution in [-0.4, -0.2) is 9.97 Å². The standard InChI is InChI=1S/C9H8FN3S/c10-7-1-6(3-12-4-7)2-8-5-13-9(11)14-8/h1,3-5H,2H2,(H2,11,13). The van der Waals surface area contributed by atoms with Crippen LogP contribution in [0, 0.1) is 5.82 Å². The van der Waals surface area contributed by atoms with E-state index in [0.29, 0.717) is 11.6 Å². The number of aromatic nitrogens is 2. The van der Waals surface area contributed by atoms with Crippen LogP contribution in [0.4, 0.5) is 9.52 Å². The summed E-state index contributed by atoms with van der Waals surface area (Å²) in [6.45, 7) is 0. The molecule has 0 bridgehead atoms. The lowest BCUT2D eigenvalue weighted by atomic mass is 10.2. The van der Waals surface area contributed by atoms with Gasteiger partial charge in [0, 0.05) is 23.7 Å². The van der Waals surface area contributed by atoms with E-state index < -0.39 is 0 Å². The predicted molar refractivity (Wildman–Crippen MR) is 53.5 cm³/mol. The fourth-order valence-electron chi connectivity index (χ4n) is 1.16. The van der Waals surface area contributed by atoms with Crippen LogP contribution in [0.25, 0.3) is 0 Å². The molecule has 2 aromatic rings. The average Bonchev–Trinajstić information content (AvgIpc) is 2.51. The Morgan fingerprint density at radius 2 is 2.21 bits per heavy atom. The quantitative estimate of drug-likeness (QED) is 0.821. The van der Waals surface area contributed by atoms with Gasteiger partial charge in [-0.2, -0.15) is 0 Å². The number of nitrogens with two attached hydrogens (primary N) is 1. The van der Waals surface area contributed by atoms with Crippen LogP contribution in [0.2, 0.25) is 0 Å². The Hall–Kier alpha value is -1.49. The summed E-state index contributed by atoms with van der Waals surface area (Å²) in [7, 11) is 0. The van der Waals surface area contributed by atoms with Crippen molar-refractivity contribution in [3.05, 3.63) is 40.9 Å². The van der Waals surface area contributed by atoms with Gasteiger partial charge in [-0.15, -0.1) is 11.3 Å². The van der Waals surface area contributed by atoms with E-state index in [1.807, 2.05) is 0 Å². The van der Waals surface area contributed by atoms with Crippen LogP contribution in [-0.2, 0) is 6.42 Å². The van der Waals surface area contributed by atoms with Crippen molar-refractivity contribution >= 4 is 16.5 Å². The topological polar surface area (TPSA) is 51.8 Å². The fraction of sp³-hybridized carbons (Fsp3) is 0.111. The Balaban J connectivity index is 2.18. The van der Waals surface area contributed by atoms with Gasteiger partial charge in [-0.3, -0.25) is 4.98 Å². The maximum absolute atomic E-state index is 12.8. The highest BCUT2D eigenvalue weighted by molar-refractivity contribution is 7.15. The molecule has 0 aliphatic rings. The highest BCUT2D eigenvalue weighted by Crippen LogP contribution is 2.18. The molecular formula is C9H8FN3S. The minimum Gasteiger partial charge on any atom is -0.375 e. The molecule has 0 atom stereocenters. The molecule has 72 valence electrons. The molecule has 0 aliphatic carbocycles. The third-order valence-electron chi connectivity index (χ3n) is 1.71. The SMILES string of the molecule is Nc1ncc(Cc2cncc(F)c2)s1. The zero-order valence-corrected chi connectivity index (χ0v) is 8.09. The van der Waals surface area contributed by atoms with Gasteiger partial charge in [-0.25, -0.2) is 9.37 Å². The first-order valence-electron chi connectivity index (χ1n) is 4.03. The lowest BCUT2D eigenvalue weighted by Gasteiger charge is -1.96. The van der Waals surface area contributed by atoms with E-state index in [4.69, 9.17) is 5.73 Å². The smallest absolute Gasteiger partial charge is 0.180 e. The van der Waals surface area contributed by atoms with Crippen LogP contribution in [0.15, 0.2) is 24.7 Å². The first kappa shape index (κ1) is 9.08. The van der Waals surface area contributed by atoms with Crippen LogP contribution in [0.1, 0.15) is 10.4 Å². The van der Waals surface area contributed by atoms with Gasteiger partial charge in [-0.1, -0.05) is 0 Å². The lowest BCUT2D eigenvalue weighted by Crippen LogP contribution is -1.87. The minimum atomic E-state index is -0.319. The molecule has 2 aromatic heterocycles. The van der Waals surface area contributed by atoms with E-state index in [9.17, 15) is 4.39 Å². The second-order valence-electron chi connectivity index (χ2n) is 2.85. The average molecular weight is 209 g/mol. The normalized spacial score (nSPS) is 10.4. The van der Waals surface area contributed by atoms with Gasteiger partial charge in [0.05, 0.1) is 6.20 Å². The fourth-order valence-corrected chi connectivity index (χ4v) is 1.88. The van der Waals surface area contributed by atoms with Gasteiger partial charge in [0.1, 0.15) is 5.82 Å². The Kier molecular flexibility index (Phi) is 2.41. The molecular weight excluding hydrogens is 201 g/mol. The number of hydrogen-bond donors (Lipinski definition) is 1. The van der Waals surface area contributed by atoms with Crippen molar-refractivity contribution in [3.8, 4) is 0 Å². The third-order valence-corrected chi connectivity index (χ3v) is 2.54. The van der Waals surface area contributed by atoms with Crippen molar-refractivity contribution in [2.45, 2.75) is 6.42 Å². The summed E-state index contributed by atoms with van der Waals surface area (Å²) in [4.78, 5) is 8.69. The summed E-state index contributed by atoms with van der Waals surface area (Å²) in [5.41, 5.74) is 6.31. The van der Waals surface area contributed by atoms with Crippen LogP contribution in [0.3, 0.4) is 0 Å². The molecule has 0 aromatic carbocycles. The highest BCUT2D eigenvalue weighted by Gasteiger charge is 2.01. The number of anilines is 1. The first-order chi connectivity index (χ1) is 6.74. The van der Waals surface area contributed by atoms with E-state index in [1.165, 1.54) is 23.6 Å². The monoisotopic (exact) mass is 209 g/mol. The molecule has 5 heteroatoms. The summed E-state index contributed by atoms with van der Waals surface area (Å²) in [6, 6.07) is 1.46. The minimum absolute atomic E-state index is 0.319. The van der Waals surface area contributed by atoms with E-state index in [1.54, 1.807) is 12.4 Å². The highest BCUT2D eigenvalue weighted by atomic mass is 32.1. The largest absolute Gasteiger partial charge is 0.375 e. The van der Waals surface area contributed by atoms with Gasteiger partial charge in [0.15, 0.2) is 5.13 Å². The summed E-state index contributed by atoms with van der Waals surface area (Å²) in [6.07, 6.45) is 5.15. The Morgan fingerprint density at radius 1 is 1.36 bits per heavy atom. The molecule has 3 nitrogen and oxygen atoms in total. The van der Waals surface area contributed by atoms with Gasteiger partial charge in [-0.05, 0) is 11.6 Å². The molecule has 0 unspecified atom stereocenters. The van der Waals surface area contributed by atoms with E-state index >= 15 is 0 Å². The molecule has 0 spiro atoms. The molecule has 0 radical (unpaired) electrons. The van der Waals surface area contributed by atoms with E-state index in [0.717, 1.165) is 10.4 Å². The maximum atomic E-state index is 12.8. The summed E-state index contributed by atoms with van der Waals surface area (Å²) in [5.74, 6) is -0.319. The molecule has 0 fully saturated rings. The molecule has 2 heterocycles. The predicted octanol–water partition coefficient (Wildman–Crippen LogP) is 1.85. The molecule has 14 heavy (non-hydrogen) atoms. The summed E-state index contributed by atoms with van der Waals surface area (Å²) in [5, 5.41) is 0.532. The van der Waals surface area contributed by atoms with E-state index in [2.05, 4.69) is 9.97 Å². The molecule has 2 N–H and O–H groups in total. The number of thiazole rings is 1. The Morgan fingerprint density at radius 3 is 2.86 bits per heavy atom. The van der Waals surface area contributed by atoms with Gasteiger partial charge in [0.2, 0.25) is 0 Å². The van der Waals surface area contributed by atoms with Crippen molar-refractivity contribution in [3.63, 3.8) is 0 Å². The number of halogens is 1. The number of nitrogens with zero attached hydrogens (tertiary/aromatic N) is 2. The van der Waals surface area contributed by atoms with Crippen molar-refractivity contribution < 1.29 is 4.39 Å². The number of hydrogen-bond acceptors (Lipinski definition) is 4. The van der Waals surface area contributed by atoms with Crippen LogP contribution < -0.4 is 5.73 Å². The summed E-state index contributed by atoms with van der Waals surface area (Å²) < 4.78 is 12.8. The van der Waals surface area contributed by atoms with Crippen molar-refractivity contribution in [2.24, 2.45) is 0 Å². The molecule has 0 saturated heterocycles. The Labute approximate surface area is 84.4 Å². The Bertz CT molecular complexity index is 441. The lowest BCUT2D eigenvalue weighted by molar-refractivity contribution is 0.619. The summed E-state index contributed by atoms with van der Waals surface area (Å²) >= 11 is 1.40. The van der Waals surface area contributed by atoms with Crippen molar-refractivity contribution in [2.75, 3.05) is 5.73 Å². The van der Waals surface area contributed by atoms with Crippen molar-refractivity contribution in [1.29, 1.82) is 0 Å². The number of pyridine rings is 1. The number of nitrogen functional groups attached to an aromatic ring is 1. The second-order valence-corrected chi connectivity index (χ2v) is 4.00. The molecule has 0 amide bonds.